The highest BCUT2D eigenvalue weighted by Gasteiger charge is 2.34. The quantitative estimate of drug-likeness (QED) is 0.527. The molecule has 0 unspecified atom stereocenters. The fourth-order valence-electron chi connectivity index (χ4n) is 4.09. The fourth-order valence-corrected chi connectivity index (χ4v) is 4.83. The smallest absolute Gasteiger partial charge is 0.191 e. The first-order valence-corrected chi connectivity index (χ1v) is 11.0. The zero-order chi connectivity index (χ0) is 20.7. The second-order valence-electron chi connectivity index (χ2n) is 7.54. The molecule has 0 aliphatic heterocycles. The molecule has 1 aromatic heterocycles. The van der Waals surface area contributed by atoms with E-state index >= 15 is 0 Å². The summed E-state index contributed by atoms with van der Waals surface area (Å²) in [5, 5.41) is 8.07. The summed E-state index contributed by atoms with van der Waals surface area (Å²) in [4.78, 5) is 9.94. The van der Waals surface area contributed by atoms with Crippen LogP contribution in [0.5, 0.6) is 11.5 Å². The lowest BCUT2D eigenvalue weighted by molar-refractivity contribution is 0.288. The van der Waals surface area contributed by atoms with E-state index in [1.807, 2.05) is 26.2 Å². The standard InChI is InChI=1S/C22H32N4O2S/c1-16-24-13-18(29-16)14-25-21(23-2)26-15-22(10-6-5-7-11-22)17-8-9-19(27-3)20(12-17)28-4/h8-9,12-13H,5-7,10-11,14-15H2,1-4H3,(H2,23,25,26). The number of methoxy groups -OCH3 is 2. The molecule has 0 bridgehead atoms. The number of ether oxygens (including phenoxy) is 2. The maximum Gasteiger partial charge on any atom is 0.191 e. The molecule has 158 valence electrons. The van der Waals surface area contributed by atoms with Gasteiger partial charge in [-0.25, -0.2) is 4.98 Å². The molecule has 2 aromatic rings. The fraction of sp³-hybridized carbons (Fsp3) is 0.545. The van der Waals surface area contributed by atoms with Crippen LogP contribution in [-0.2, 0) is 12.0 Å². The molecule has 1 aliphatic carbocycles. The first-order valence-electron chi connectivity index (χ1n) is 10.2. The summed E-state index contributed by atoms with van der Waals surface area (Å²) in [6.07, 6.45) is 8.00. The molecule has 0 amide bonds. The number of thiazole rings is 1. The largest absolute Gasteiger partial charge is 0.493 e. The van der Waals surface area contributed by atoms with Crippen molar-refractivity contribution in [2.75, 3.05) is 27.8 Å². The Kier molecular flexibility index (Phi) is 7.36. The Morgan fingerprint density at radius 2 is 1.90 bits per heavy atom. The summed E-state index contributed by atoms with van der Waals surface area (Å²) in [5.74, 6) is 2.38. The number of rotatable bonds is 7. The summed E-state index contributed by atoms with van der Waals surface area (Å²) in [7, 11) is 5.19. The van der Waals surface area contributed by atoms with Crippen molar-refractivity contribution in [2.24, 2.45) is 4.99 Å². The third-order valence-corrected chi connectivity index (χ3v) is 6.64. The Balaban J connectivity index is 1.72. The van der Waals surface area contributed by atoms with Gasteiger partial charge in [-0.1, -0.05) is 25.3 Å². The maximum absolute atomic E-state index is 5.56. The minimum absolute atomic E-state index is 0.0660. The molecule has 1 aromatic carbocycles. The van der Waals surface area contributed by atoms with Crippen molar-refractivity contribution in [3.63, 3.8) is 0 Å². The summed E-state index contributed by atoms with van der Waals surface area (Å²) in [6.45, 7) is 3.59. The SMILES string of the molecule is CN=C(NCc1cnc(C)s1)NCC1(c2ccc(OC)c(OC)c2)CCCCC1. The van der Waals surface area contributed by atoms with Gasteiger partial charge in [0.1, 0.15) is 0 Å². The first-order chi connectivity index (χ1) is 14.1. The third kappa shape index (κ3) is 5.21. The lowest BCUT2D eigenvalue weighted by Gasteiger charge is -2.38. The Morgan fingerprint density at radius 3 is 2.52 bits per heavy atom. The number of benzene rings is 1. The summed E-state index contributed by atoms with van der Waals surface area (Å²) in [5.41, 5.74) is 1.37. The van der Waals surface area contributed by atoms with Crippen LogP contribution in [0.2, 0.25) is 0 Å². The lowest BCUT2D eigenvalue weighted by atomic mass is 9.69. The van der Waals surface area contributed by atoms with Crippen molar-refractivity contribution in [3.05, 3.63) is 39.8 Å². The Morgan fingerprint density at radius 1 is 1.14 bits per heavy atom. The number of nitrogens with one attached hydrogen (secondary N) is 2. The van der Waals surface area contributed by atoms with Crippen LogP contribution in [0, 0.1) is 6.92 Å². The van der Waals surface area contributed by atoms with E-state index in [9.17, 15) is 0 Å². The molecule has 1 saturated carbocycles. The van der Waals surface area contributed by atoms with Crippen LogP contribution in [0.15, 0.2) is 29.4 Å². The number of guanidine groups is 1. The van der Waals surface area contributed by atoms with Crippen LogP contribution in [0.1, 0.15) is 47.6 Å². The second-order valence-corrected chi connectivity index (χ2v) is 8.85. The highest BCUT2D eigenvalue weighted by atomic mass is 32.1. The molecule has 0 spiro atoms. The van der Waals surface area contributed by atoms with Crippen molar-refractivity contribution in [1.82, 2.24) is 15.6 Å². The van der Waals surface area contributed by atoms with Crippen LogP contribution in [0.4, 0.5) is 0 Å². The molecule has 1 aliphatic rings. The molecule has 1 fully saturated rings. The minimum atomic E-state index is 0.0660. The first kappa shape index (κ1) is 21.4. The molecule has 0 radical (unpaired) electrons. The van der Waals surface area contributed by atoms with Crippen LogP contribution in [0.25, 0.3) is 0 Å². The van der Waals surface area contributed by atoms with Gasteiger partial charge in [0.25, 0.3) is 0 Å². The van der Waals surface area contributed by atoms with E-state index in [-0.39, 0.29) is 5.41 Å². The van der Waals surface area contributed by atoms with Gasteiger partial charge < -0.3 is 20.1 Å². The van der Waals surface area contributed by atoms with Gasteiger partial charge in [0.05, 0.1) is 25.8 Å². The van der Waals surface area contributed by atoms with E-state index in [1.54, 1.807) is 25.6 Å². The van der Waals surface area contributed by atoms with Gasteiger partial charge in [0.15, 0.2) is 17.5 Å². The monoisotopic (exact) mass is 416 g/mol. The van der Waals surface area contributed by atoms with Crippen LogP contribution < -0.4 is 20.1 Å². The Bertz CT molecular complexity index is 828. The molecule has 29 heavy (non-hydrogen) atoms. The number of aromatic nitrogens is 1. The lowest BCUT2D eigenvalue weighted by Crippen LogP contribution is -2.46. The van der Waals surface area contributed by atoms with E-state index in [4.69, 9.17) is 9.47 Å². The van der Waals surface area contributed by atoms with E-state index in [0.717, 1.165) is 48.4 Å². The number of hydrogen-bond acceptors (Lipinski definition) is 5. The molecule has 2 N–H and O–H groups in total. The van der Waals surface area contributed by atoms with Gasteiger partial charge in [-0.15, -0.1) is 11.3 Å². The Labute approximate surface area is 177 Å². The van der Waals surface area contributed by atoms with Gasteiger partial charge in [0.2, 0.25) is 0 Å². The molecule has 1 heterocycles. The molecule has 0 atom stereocenters. The van der Waals surface area contributed by atoms with Crippen molar-refractivity contribution in [1.29, 1.82) is 0 Å². The number of hydrogen-bond donors (Lipinski definition) is 2. The third-order valence-electron chi connectivity index (χ3n) is 5.72. The topological polar surface area (TPSA) is 67.8 Å². The minimum Gasteiger partial charge on any atom is -0.493 e. The number of aliphatic imine (C=N–C) groups is 1. The van der Waals surface area contributed by atoms with Crippen molar-refractivity contribution >= 4 is 17.3 Å². The van der Waals surface area contributed by atoms with E-state index < -0.39 is 0 Å². The average molecular weight is 417 g/mol. The highest BCUT2D eigenvalue weighted by Crippen LogP contribution is 2.42. The second kappa shape index (κ2) is 9.96. The van der Waals surface area contributed by atoms with Crippen LogP contribution in [0.3, 0.4) is 0 Å². The highest BCUT2D eigenvalue weighted by molar-refractivity contribution is 7.11. The van der Waals surface area contributed by atoms with Gasteiger partial charge in [0, 0.05) is 30.1 Å². The van der Waals surface area contributed by atoms with Crippen molar-refractivity contribution < 1.29 is 9.47 Å². The number of nitrogens with zero attached hydrogens (tertiary/aromatic N) is 2. The van der Waals surface area contributed by atoms with Gasteiger partial charge in [-0.2, -0.15) is 0 Å². The predicted octanol–water partition coefficient (Wildman–Crippen LogP) is 4.04. The molecular weight excluding hydrogens is 384 g/mol. The maximum atomic E-state index is 5.56. The normalized spacial score (nSPS) is 16.3. The van der Waals surface area contributed by atoms with E-state index in [1.165, 1.54) is 29.7 Å². The van der Waals surface area contributed by atoms with Gasteiger partial charge in [-0.05, 0) is 37.5 Å². The Hall–Kier alpha value is -2.28. The zero-order valence-corrected chi connectivity index (χ0v) is 18.7. The molecule has 6 nitrogen and oxygen atoms in total. The van der Waals surface area contributed by atoms with Gasteiger partial charge >= 0.3 is 0 Å². The molecule has 3 rings (SSSR count). The predicted molar refractivity (Wildman–Crippen MR) is 119 cm³/mol. The zero-order valence-electron chi connectivity index (χ0n) is 17.9. The molecule has 0 saturated heterocycles. The average Bonchev–Trinajstić information content (AvgIpc) is 3.19. The van der Waals surface area contributed by atoms with E-state index in [0.29, 0.717) is 0 Å². The molecular formula is C22H32N4O2S. The summed E-state index contributed by atoms with van der Waals surface area (Å²) < 4.78 is 11.0. The van der Waals surface area contributed by atoms with Gasteiger partial charge in [-0.3, -0.25) is 4.99 Å². The molecule has 7 heteroatoms. The van der Waals surface area contributed by atoms with Crippen LogP contribution >= 0.6 is 11.3 Å². The summed E-state index contributed by atoms with van der Waals surface area (Å²) in [6, 6.07) is 6.34. The van der Waals surface area contributed by atoms with Crippen LogP contribution in [-0.4, -0.2) is 38.8 Å². The summed E-state index contributed by atoms with van der Waals surface area (Å²) >= 11 is 1.71. The van der Waals surface area contributed by atoms with Crippen molar-refractivity contribution in [3.8, 4) is 11.5 Å². The van der Waals surface area contributed by atoms with Crippen molar-refractivity contribution in [2.45, 2.75) is 51.0 Å². The van der Waals surface area contributed by atoms with E-state index in [2.05, 4.69) is 32.7 Å². The number of aryl methyl sites for hydroxylation is 1.